The Morgan fingerprint density at radius 2 is 1.46 bits per heavy atom. The first-order chi connectivity index (χ1) is 12.1. The van der Waals surface area contributed by atoms with Crippen LogP contribution in [0.15, 0.2) is 29.2 Å². The van der Waals surface area contributed by atoms with Crippen molar-refractivity contribution in [1.82, 2.24) is 0 Å². The Labute approximate surface area is 152 Å². The number of nitrogens with one attached hydrogen (secondary N) is 1. The number of benzene rings is 2. The standard InChI is InChI=1S/C18H21NO6S/c1-10-6-11(2)17(12(3)7-10)26(22,23)19-14-9-16(25-5)15(24-4)8-13(14)18(20)21/h6-9,19H,1-5H3,(H,20,21). The fraction of sp³-hybridized carbons (Fsp3) is 0.278. The summed E-state index contributed by atoms with van der Waals surface area (Å²) in [4.78, 5) is 11.7. The number of carbonyl (C=O) groups is 1. The molecule has 7 nitrogen and oxygen atoms in total. The highest BCUT2D eigenvalue weighted by molar-refractivity contribution is 7.92. The highest BCUT2D eigenvalue weighted by Crippen LogP contribution is 2.35. The van der Waals surface area contributed by atoms with Gasteiger partial charge in [0.25, 0.3) is 10.0 Å². The predicted octanol–water partition coefficient (Wildman–Crippen LogP) is 3.13. The predicted molar refractivity (Wildman–Crippen MR) is 98.0 cm³/mol. The molecule has 8 heteroatoms. The number of aromatic carboxylic acids is 1. The van der Waals surface area contributed by atoms with Crippen LogP contribution >= 0.6 is 0 Å². The van der Waals surface area contributed by atoms with Gasteiger partial charge in [-0.3, -0.25) is 4.72 Å². The number of carboxylic acid groups (broad SMARTS) is 1. The summed E-state index contributed by atoms with van der Waals surface area (Å²) >= 11 is 0. The summed E-state index contributed by atoms with van der Waals surface area (Å²) < 4.78 is 38.4. The first kappa shape index (κ1) is 19.6. The molecule has 0 aliphatic rings. The average molecular weight is 379 g/mol. The number of rotatable bonds is 6. The van der Waals surface area contributed by atoms with Crippen molar-refractivity contribution in [3.05, 3.63) is 46.5 Å². The van der Waals surface area contributed by atoms with Gasteiger partial charge in [-0.25, -0.2) is 13.2 Å². The molecule has 0 spiro atoms. The van der Waals surface area contributed by atoms with Gasteiger partial charge in [-0.2, -0.15) is 0 Å². The van der Waals surface area contributed by atoms with E-state index in [0.717, 1.165) is 5.56 Å². The molecule has 0 heterocycles. The maximum Gasteiger partial charge on any atom is 0.337 e. The van der Waals surface area contributed by atoms with Gasteiger partial charge in [0.05, 0.1) is 30.4 Å². The maximum absolute atomic E-state index is 12.9. The lowest BCUT2D eigenvalue weighted by Crippen LogP contribution is -2.18. The molecule has 0 unspecified atom stereocenters. The molecule has 2 N–H and O–H groups in total. The molecule has 2 rings (SSSR count). The van der Waals surface area contributed by atoms with Gasteiger partial charge in [-0.05, 0) is 31.9 Å². The third-order valence-corrected chi connectivity index (χ3v) is 5.54. The normalized spacial score (nSPS) is 11.1. The number of sulfonamides is 1. The van der Waals surface area contributed by atoms with E-state index in [2.05, 4.69) is 4.72 Å². The molecule has 0 radical (unpaired) electrons. The summed E-state index contributed by atoms with van der Waals surface area (Å²) in [6.45, 7) is 5.27. The minimum atomic E-state index is -4.00. The van der Waals surface area contributed by atoms with Crippen molar-refractivity contribution in [2.24, 2.45) is 0 Å². The molecule has 26 heavy (non-hydrogen) atoms. The van der Waals surface area contributed by atoms with Gasteiger partial charge in [0.2, 0.25) is 0 Å². The van der Waals surface area contributed by atoms with Crippen molar-refractivity contribution in [1.29, 1.82) is 0 Å². The van der Waals surface area contributed by atoms with Crippen molar-refractivity contribution in [3.8, 4) is 11.5 Å². The van der Waals surface area contributed by atoms with E-state index in [1.165, 1.54) is 26.4 Å². The van der Waals surface area contributed by atoms with Crippen LogP contribution in [0.3, 0.4) is 0 Å². The van der Waals surface area contributed by atoms with Crippen molar-refractivity contribution in [3.63, 3.8) is 0 Å². The Morgan fingerprint density at radius 1 is 0.962 bits per heavy atom. The molecule has 0 saturated carbocycles. The molecular formula is C18H21NO6S. The van der Waals surface area contributed by atoms with E-state index >= 15 is 0 Å². The molecule has 2 aromatic rings. The smallest absolute Gasteiger partial charge is 0.337 e. The second-order valence-corrected chi connectivity index (χ2v) is 7.51. The van der Waals surface area contributed by atoms with E-state index in [4.69, 9.17) is 9.47 Å². The minimum Gasteiger partial charge on any atom is -0.493 e. The molecule has 0 saturated heterocycles. The zero-order valence-electron chi connectivity index (χ0n) is 15.2. The average Bonchev–Trinajstić information content (AvgIpc) is 2.52. The van der Waals surface area contributed by atoms with Crippen LogP contribution in [0.25, 0.3) is 0 Å². The fourth-order valence-electron chi connectivity index (χ4n) is 2.93. The van der Waals surface area contributed by atoms with E-state index in [-0.39, 0.29) is 27.6 Å². The van der Waals surface area contributed by atoms with Crippen molar-refractivity contribution < 1.29 is 27.8 Å². The van der Waals surface area contributed by atoms with Gasteiger partial charge in [-0.1, -0.05) is 17.7 Å². The Hall–Kier alpha value is -2.74. The highest BCUT2D eigenvalue weighted by Gasteiger charge is 2.24. The number of methoxy groups -OCH3 is 2. The van der Waals surface area contributed by atoms with Gasteiger partial charge < -0.3 is 14.6 Å². The first-order valence-electron chi connectivity index (χ1n) is 7.70. The number of aryl methyl sites for hydroxylation is 3. The summed E-state index contributed by atoms with van der Waals surface area (Å²) in [7, 11) is -1.25. The second kappa shape index (κ2) is 7.25. The van der Waals surface area contributed by atoms with Crippen molar-refractivity contribution >= 4 is 21.7 Å². The zero-order valence-corrected chi connectivity index (χ0v) is 16.0. The lowest BCUT2D eigenvalue weighted by molar-refractivity contribution is 0.0697. The van der Waals surface area contributed by atoms with Crippen LogP contribution in [-0.2, 0) is 10.0 Å². The largest absolute Gasteiger partial charge is 0.493 e. The van der Waals surface area contributed by atoms with Crippen LogP contribution in [-0.4, -0.2) is 33.7 Å². The lowest BCUT2D eigenvalue weighted by Gasteiger charge is -2.17. The van der Waals surface area contributed by atoms with E-state index in [1.807, 2.05) is 6.92 Å². The second-order valence-electron chi connectivity index (χ2n) is 5.89. The molecule has 0 bridgehead atoms. The maximum atomic E-state index is 12.9. The van der Waals surface area contributed by atoms with E-state index < -0.39 is 16.0 Å². The highest BCUT2D eigenvalue weighted by atomic mass is 32.2. The number of ether oxygens (including phenoxy) is 2. The summed E-state index contributed by atoms with van der Waals surface area (Å²) in [5.41, 5.74) is 1.75. The van der Waals surface area contributed by atoms with E-state index in [9.17, 15) is 18.3 Å². The first-order valence-corrected chi connectivity index (χ1v) is 9.19. The molecule has 0 aliphatic carbocycles. The SMILES string of the molecule is COc1cc(NS(=O)(=O)c2c(C)cc(C)cc2C)c(C(=O)O)cc1OC. The lowest BCUT2D eigenvalue weighted by atomic mass is 10.1. The fourth-order valence-corrected chi connectivity index (χ4v) is 4.45. The molecule has 0 amide bonds. The monoisotopic (exact) mass is 379 g/mol. The van der Waals surface area contributed by atoms with Crippen LogP contribution in [0.4, 0.5) is 5.69 Å². The number of carboxylic acids is 1. The Kier molecular flexibility index (Phi) is 5.46. The Balaban J connectivity index is 2.62. The van der Waals surface area contributed by atoms with Crippen molar-refractivity contribution in [2.45, 2.75) is 25.7 Å². The quantitative estimate of drug-likeness (QED) is 0.799. The van der Waals surface area contributed by atoms with E-state index in [0.29, 0.717) is 11.1 Å². The summed E-state index contributed by atoms with van der Waals surface area (Å²) in [5.74, 6) is -0.885. The van der Waals surface area contributed by atoms with Gasteiger partial charge in [0.1, 0.15) is 0 Å². The molecule has 0 aromatic heterocycles. The number of anilines is 1. The molecular weight excluding hydrogens is 358 g/mol. The minimum absolute atomic E-state index is 0.102. The third-order valence-electron chi connectivity index (χ3n) is 3.87. The topological polar surface area (TPSA) is 102 Å². The van der Waals surface area contributed by atoms with Gasteiger partial charge >= 0.3 is 5.97 Å². The van der Waals surface area contributed by atoms with Gasteiger partial charge in [0, 0.05) is 12.1 Å². The summed E-state index contributed by atoms with van der Waals surface area (Å²) in [5, 5.41) is 9.43. The number of hydrogen-bond acceptors (Lipinski definition) is 5. The van der Waals surface area contributed by atoms with Crippen LogP contribution in [0.5, 0.6) is 11.5 Å². The molecule has 2 aromatic carbocycles. The molecule has 0 aliphatic heterocycles. The van der Waals surface area contributed by atoms with Crippen molar-refractivity contribution in [2.75, 3.05) is 18.9 Å². The van der Waals surface area contributed by atoms with Crippen LogP contribution in [0.2, 0.25) is 0 Å². The summed E-state index contributed by atoms with van der Waals surface area (Å²) in [6, 6.07) is 6.02. The number of hydrogen-bond donors (Lipinski definition) is 2. The summed E-state index contributed by atoms with van der Waals surface area (Å²) in [6.07, 6.45) is 0. The van der Waals surface area contributed by atoms with Crippen LogP contribution in [0.1, 0.15) is 27.0 Å². The molecule has 140 valence electrons. The third kappa shape index (κ3) is 3.75. The molecule has 0 atom stereocenters. The zero-order chi connectivity index (χ0) is 19.6. The molecule has 0 fully saturated rings. The van der Waals surface area contributed by atoms with Gasteiger partial charge in [0.15, 0.2) is 11.5 Å². The Bertz CT molecular complexity index is 943. The van der Waals surface area contributed by atoms with Gasteiger partial charge in [-0.15, -0.1) is 0 Å². The Morgan fingerprint density at radius 3 is 1.92 bits per heavy atom. The van der Waals surface area contributed by atoms with Crippen LogP contribution in [0, 0.1) is 20.8 Å². The van der Waals surface area contributed by atoms with E-state index in [1.54, 1.807) is 26.0 Å². The van der Waals surface area contributed by atoms with Crippen LogP contribution < -0.4 is 14.2 Å².